The highest BCUT2D eigenvalue weighted by Crippen LogP contribution is 2.54. The van der Waals surface area contributed by atoms with Crippen LogP contribution in [0.25, 0.3) is 162 Å². The number of hydrogen-bond donors (Lipinski definition) is 0. The molecular formula is C77H48OS. The van der Waals surface area contributed by atoms with Crippen LogP contribution in [0.3, 0.4) is 0 Å². The third-order valence-electron chi connectivity index (χ3n) is 17.6. The lowest BCUT2D eigenvalue weighted by Gasteiger charge is -2.21. The Morgan fingerprint density at radius 1 is 0.278 bits per heavy atom. The Morgan fingerprint density at radius 2 is 0.684 bits per heavy atom. The van der Waals surface area contributed by atoms with Crippen LogP contribution < -0.4 is 0 Å². The van der Waals surface area contributed by atoms with Gasteiger partial charge in [-0.2, -0.15) is 0 Å². The Morgan fingerprint density at radius 3 is 1.28 bits per heavy atom. The van der Waals surface area contributed by atoms with Crippen LogP contribution in [0, 0.1) is 0 Å². The quantitative estimate of drug-likeness (QED) is 0.126. The van der Waals surface area contributed by atoms with Gasteiger partial charge in [-0.15, -0.1) is 11.3 Å². The van der Waals surface area contributed by atoms with Gasteiger partial charge in [-0.3, -0.25) is 0 Å². The number of para-hydroxylation sites is 1. The molecule has 15 aromatic carbocycles. The Bertz CT molecular complexity index is 5290. The zero-order valence-corrected chi connectivity index (χ0v) is 44.4. The summed E-state index contributed by atoms with van der Waals surface area (Å²) in [5.74, 6) is 0. The molecule has 0 unspecified atom stereocenters. The molecule has 2 heterocycles. The lowest BCUT2D eigenvalue weighted by molar-refractivity contribution is 0.663. The Kier molecular flexibility index (Phi) is 9.41. The van der Waals surface area contributed by atoms with Crippen molar-refractivity contribution in [2.24, 2.45) is 0 Å². The number of thiophene rings is 1. The first-order chi connectivity index (χ1) is 39.0. The van der Waals surface area contributed by atoms with Crippen LogP contribution in [0.15, 0.2) is 259 Å². The summed E-state index contributed by atoms with van der Waals surface area (Å²) >= 11 is 1.89. The summed E-state index contributed by atoms with van der Waals surface area (Å²) in [6.07, 6.45) is 0. The largest absolute Gasteiger partial charge is 0.456 e. The van der Waals surface area contributed by atoms with Gasteiger partial charge >= 0.3 is 0 Å². The second-order valence-corrected chi connectivity index (χ2v) is 23.1. The fourth-order valence-corrected chi connectivity index (χ4v) is 15.5. The van der Waals surface area contributed by atoms with Gasteiger partial charge in [0.2, 0.25) is 0 Å². The molecule has 0 N–H and O–H groups in total. The van der Waals surface area contributed by atoms with E-state index < -0.39 is 0 Å². The third-order valence-corrected chi connectivity index (χ3v) is 18.7. The van der Waals surface area contributed by atoms with E-state index in [1.807, 2.05) is 17.4 Å². The predicted molar refractivity (Wildman–Crippen MR) is 341 cm³/mol. The molecule has 17 aromatic rings. The van der Waals surface area contributed by atoms with Crippen LogP contribution in [0.1, 0.15) is 25.0 Å². The second kappa shape index (κ2) is 16.7. The summed E-state index contributed by atoms with van der Waals surface area (Å²) in [7, 11) is 0. The van der Waals surface area contributed by atoms with Gasteiger partial charge in [0.1, 0.15) is 11.2 Å². The minimum absolute atomic E-state index is 0.00127. The molecule has 1 aliphatic carbocycles. The van der Waals surface area contributed by atoms with Crippen LogP contribution in [-0.2, 0) is 5.41 Å². The van der Waals surface area contributed by atoms with E-state index in [2.05, 4.69) is 263 Å². The molecule has 0 aliphatic heterocycles. The standard InChI is InChI=1S/C40H22OS.C37H26/c1-3-13-26-24(11-1)37(30-17-8-19-33-39(30)29-15-5-6-18-32(29)41-33)25-12-2-4-14-27(25)38(26)31-22-23-10-7-20-34-36(23)40-28(31)16-9-21-35(40)42-34;1-37(2)31-20-10-14-24-22-30(29-19-11-21-32(37)36(29)34(24)31)35-27-17-8-6-15-25(27)33(23-12-4-3-5-13-23)26-16-7-9-18-28(26)35/h1-22H;3-22H,1-2H3. The van der Waals surface area contributed by atoms with Gasteiger partial charge in [-0.05, 0) is 167 Å². The summed E-state index contributed by atoms with van der Waals surface area (Å²) in [6, 6.07) is 93.7. The molecule has 0 atom stereocenters. The van der Waals surface area contributed by atoms with Gasteiger partial charge in [0, 0.05) is 36.4 Å². The average molecular weight is 1020 g/mol. The highest BCUT2D eigenvalue weighted by molar-refractivity contribution is 7.26. The first kappa shape index (κ1) is 44.5. The molecule has 18 rings (SSSR count). The van der Waals surface area contributed by atoms with E-state index in [1.54, 1.807) is 0 Å². The molecule has 1 nitrogen and oxygen atoms in total. The van der Waals surface area contributed by atoms with E-state index in [-0.39, 0.29) is 5.41 Å². The first-order valence-corrected chi connectivity index (χ1v) is 28.3. The van der Waals surface area contributed by atoms with Crippen LogP contribution >= 0.6 is 11.3 Å². The number of hydrogen-bond acceptors (Lipinski definition) is 2. The molecule has 0 bridgehead atoms. The molecule has 0 radical (unpaired) electrons. The number of fused-ring (bicyclic) bond motifs is 7. The molecule has 0 fully saturated rings. The zero-order valence-electron chi connectivity index (χ0n) is 43.6. The molecular weight excluding hydrogens is 973 g/mol. The maximum atomic E-state index is 6.33. The van der Waals surface area contributed by atoms with E-state index >= 15 is 0 Å². The zero-order chi connectivity index (χ0) is 52.1. The fourth-order valence-electron chi connectivity index (χ4n) is 14.3. The highest BCUT2D eigenvalue weighted by Gasteiger charge is 2.35. The Hall–Kier alpha value is -9.60. The van der Waals surface area contributed by atoms with Crippen molar-refractivity contribution in [3.05, 3.63) is 266 Å². The topological polar surface area (TPSA) is 13.1 Å². The van der Waals surface area contributed by atoms with E-state index in [1.165, 1.54) is 157 Å². The van der Waals surface area contributed by atoms with Crippen molar-refractivity contribution >= 4 is 129 Å². The minimum atomic E-state index is 0.00127. The summed E-state index contributed by atoms with van der Waals surface area (Å²) in [4.78, 5) is 0. The van der Waals surface area contributed by atoms with Gasteiger partial charge in [0.05, 0.1) is 0 Å². The van der Waals surface area contributed by atoms with E-state index in [9.17, 15) is 0 Å². The van der Waals surface area contributed by atoms with Gasteiger partial charge in [-0.25, -0.2) is 0 Å². The summed E-state index contributed by atoms with van der Waals surface area (Å²) in [5, 5.41) is 23.5. The van der Waals surface area contributed by atoms with E-state index in [0.29, 0.717) is 0 Å². The van der Waals surface area contributed by atoms with Crippen LogP contribution in [-0.4, -0.2) is 0 Å². The van der Waals surface area contributed by atoms with Gasteiger partial charge in [-0.1, -0.05) is 232 Å². The van der Waals surface area contributed by atoms with Gasteiger partial charge in [0.15, 0.2) is 0 Å². The number of furan rings is 1. The van der Waals surface area contributed by atoms with Gasteiger partial charge in [0.25, 0.3) is 0 Å². The molecule has 2 heteroatoms. The third kappa shape index (κ3) is 6.26. The van der Waals surface area contributed by atoms with Crippen molar-refractivity contribution in [2.75, 3.05) is 0 Å². The average Bonchev–Trinajstić information content (AvgIpc) is 4.25. The molecule has 0 saturated carbocycles. The molecule has 0 spiro atoms. The smallest absolute Gasteiger partial charge is 0.136 e. The fraction of sp³-hybridized carbons (Fsp3) is 0.0390. The molecule has 79 heavy (non-hydrogen) atoms. The molecule has 0 amide bonds. The van der Waals surface area contributed by atoms with Crippen molar-refractivity contribution in [2.45, 2.75) is 19.3 Å². The number of rotatable bonds is 4. The maximum absolute atomic E-state index is 6.33. The van der Waals surface area contributed by atoms with Crippen molar-refractivity contribution < 1.29 is 4.42 Å². The summed E-state index contributed by atoms with van der Waals surface area (Å²) in [6.45, 7) is 4.74. The van der Waals surface area contributed by atoms with Crippen molar-refractivity contribution in [3.63, 3.8) is 0 Å². The normalized spacial score (nSPS) is 13.0. The molecule has 368 valence electrons. The minimum Gasteiger partial charge on any atom is -0.456 e. The monoisotopic (exact) mass is 1020 g/mol. The Labute approximate surface area is 460 Å². The summed E-state index contributed by atoms with van der Waals surface area (Å²) < 4.78 is 9.04. The number of benzene rings is 15. The van der Waals surface area contributed by atoms with E-state index in [0.717, 1.165) is 16.6 Å². The maximum Gasteiger partial charge on any atom is 0.136 e. The molecule has 0 saturated heterocycles. The van der Waals surface area contributed by atoms with Gasteiger partial charge < -0.3 is 4.42 Å². The molecule has 1 aliphatic rings. The van der Waals surface area contributed by atoms with Crippen LogP contribution in [0.4, 0.5) is 0 Å². The summed E-state index contributed by atoms with van der Waals surface area (Å²) in [5.41, 5.74) is 15.0. The van der Waals surface area contributed by atoms with Crippen molar-refractivity contribution in [1.82, 2.24) is 0 Å². The lowest BCUT2D eigenvalue weighted by Crippen LogP contribution is -2.14. The molecule has 2 aromatic heterocycles. The SMILES string of the molecule is CC1(C)c2cccc3cc(-c4c5ccccc5c(-c5ccccc5)c5ccccc45)c4cccc1c4c23.c1ccc2c(c1)oc1cccc(-c3c4ccccc4c(-c4cc5cccc6sc7cccc4c7c56)c4ccccc34)c12. The van der Waals surface area contributed by atoms with E-state index in [4.69, 9.17) is 4.42 Å². The predicted octanol–water partition coefficient (Wildman–Crippen LogP) is 22.5. The lowest BCUT2D eigenvalue weighted by atomic mass is 9.81. The van der Waals surface area contributed by atoms with Crippen molar-refractivity contribution in [1.29, 1.82) is 0 Å². The highest BCUT2D eigenvalue weighted by atomic mass is 32.1. The van der Waals surface area contributed by atoms with Crippen LogP contribution in [0.5, 0.6) is 0 Å². The first-order valence-electron chi connectivity index (χ1n) is 27.5. The van der Waals surface area contributed by atoms with Crippen LogP contribution in [0.2, 0.25) is 0 Å². The Balaban J connectivity index is 0.000000128. The second-order valence-electron chi connectivity index (χ2n) is 22.1. The van der Waals surface area contributed by atoms with Crippen molar-refractivity contribution in [3.8, 4) is 44.5 Å².